The molecule has 1 heterocycles. The van der Waals surface area contributed by atoms with Crippen molar-refractivity contribution in [3.05, 3.63) is 40.2 Å². The van der Waals surface area contributed by atoms with Crippen LogP contribution in [0, 0.1) is 33.3 Å². The van der Waals surface area contributed by atoms with Crippen LogP contribution in [0.3, 0.4) is 0 Å². The summed E-state index contributed by atoms with van der Waals surface area (Å²) in [5.74, 6) is 0.381. The summed E-state index contributed by atoms with van der Waals surface area (Å²) in [5, 5.41) is 19.7. The molecule has 3 atom stereocenters. The summed E-state index contributed by atoms with van der Waals surface area (Å²) < 4.78 is 5.80. The van der Waals surface area contributed by atoms with E-state index in [0.717, 1.165) is 5.57 Å². The quantitative estimate of drug-likeness (QED) is 0.472. The van der Waals surface area contributed by atoms with E-state index in [1.165, 1.54) is 6.20 Å². The predicted octanol–water partition coefficient (Wildman–Crippen LogP) is 3.35. The molecule has 0 amide bonds. The lowest BCUT2D eigenvalue weighted by Gasteiger charge is -2.33. The Hall–Kier alpha value is -2.26. The Morgan fingerprint density at radius 1 is 1.55 bits per heavy atom. The topological polar surface area (TPSA) is 89.1 Å². The molecule has 0 unspecified atom stereocenters. The molecule has 0 spiro atoms. The van der Waals surface area contributed by atoms with Crippen molar-refractivity contribution in [2.45, 2.75) is 32.8 Å². The molecule has 0 fully saturated rings. The molecule has 22 heavy (non-hydrogen) atoms. The third-order valence-corrected chi connectivity index (χ3v) is 3.95. The molecule has 1 aromatic heterocycles. The van der Waals surface area contributed by atoms with Gasteiger partial charge in [0.1, 0.15) is 6.20 Å². The summed E-state index contributed by atoms with van der Waals surface area (Å²) in [6.45, 7) is 4.54. The molecule has 0 aliphatic heterocycles. The minimum absolute atomic E-state index is 0.0389. The number of allylic oxidation sites excluding steroid dienone is 1. The third kappa shape index (κ3) is 3.49. The Labute approximate surface area is 129 Å². The summed E-state index contributed by atoms with van der Waals surface area (Å²) in [6.07, 6.45) is 6.04. The molecule has 6 nitrogen and oxygen atoms in total. The fourth-order valence-electron chi connectivity index (χ4n) is 3.02. The van der Waals surface area contributed by atoms with Gasteiger partial charge in [0.05, 0.1) is 35.7 Å². The summed E-state index contributed by atoms with van der Waals surface area (Å²) in [7, 11) is 0. The van der Waals surface area contributed by atoms with Crippen LogP contribution in [0.5, 0.6) is 0 Å². The van der Waals surface area contributed by atoms with Crippen molar-refractivity contribution in [1.29, 1.82) is 5.26 Å². The average Bonchev–Trinajstić information content (AvgIpc) is 2.50. The van der Waals surface area contributed by atoms with E-state index in [2.05, 4.69) is 18.0 Å². The van der Waals surface area contributed by atoms with E-state index in [4.69, 9.17) is 10.00 Å². The average molecular weight is 301 g/mol. The van der Waals surface area contributed by atoms with Gasteiger partial charge in [-0.15, -0.1) is 0 Å². The Morgan fingerprint density at radius 3 is 2.95 bits per heavy atom. The van der Waals surface area contributed by atoms with Crippen molar-refractivity contribution in [3.63, 3.8) is 0 Å². The molecule has 116 valence electrons. The van der Waals surface area contributed by atoms with Crippen molar-refractivity contribution < 1.29 is 9.66 Å². The Bertz CT molecular complexity index is 621. The van der Waals surface area contributed by atoms with Gasteiger partial charge in [0.15, 0.2) is 0 Å². The van der Waals surface area contributed by atoms with Crippen LogP contribution in [-0.4, -0.2) is 22.6 Å². The first kappa shape index (κ1) is 16.1. The van der Waals surface area contributed by atoms with Crippen LogP contribution in [0.4, 0.5) is 5.69 Å². The van der Waals surface area contributed by atoms with Crippen LogP contribution in [0.15, 0.2) is 24.5 Å². The van der Waals surface area contributed by atoms with E-state index in [1.807, 2.05) is 13.0 Å². The summed E-state index contributed by atoms with van der Waals surface area (Å²) >= 11 is 0. The van der Waals surface area contributed by atoms with E-state index >= 15 is 0 Å². The number of hydrogen-bond acceptors (Lipinski definition) is 5. The molecule has 1 aliphatic rings. The number of ether oxygens (including phenoxy) is 1. The van der Waals surface area contributed by atoms with E-state index in [0.29, 0.717) is 25.0 Å². The highest BCUT2D eigenvalue weighted by molar-refractivity contribution is 5.73. The highest BCUT2D eigenvalue weighted by atomic mass is 16.6. The van der Waals surface area contributed by atoms with E-state index in [9.17, 15) is 10.1 Å². The zero-order valence-corrected chi connectivity index (χ0v) is 12.7. The number of nitriles is 1. The first-order valence-electron chi connectivity index (χ1n) is 7.32. The maximum atomic E-state index is 11.1. The van der Waals surface area contributed by atoms with Gasteiger partial charge in [-0.2, -0.15) is 5.26 Å². The van der Waals surface area contributed by atoms with Gasteiger partial charge in [-0.3, -0.25) is 15.1 Å². The van der Waals surface area contributed by atoms with Crippen LogP contribution >= 0.6 is 0 Å². The molecule has 1 aromatic rings. The Kier molecular flexibility index (Phi) is 5.23. The molecule has 6 heteroatoms. The van der Waals surface area contributed by atoms with Crippen LogP contribution in [0.1, 0.15) is 32.3 Å². The molecule has 0 saturated heterocycles. The molecule has 0 saturated carbocycles. The minimum Gasteiger partial charge on any atom is -0.376 e. The summed E-state index contributed by atoms with van der Waals surface area (Å²) in [5.41, 5.74) is 1.64. The van der Waals surface area contributed by atoms with Gasteiger partial charge in [0.25, 0.3) is 5.69 Å². The SMILES string of the molecule is C[C@@H]1C=C(c2ccncc2[N+](=O)[O-])C[C@H](C)[C@@H]1OCCC#N. The van der Waals surface area contributed by atoms with Gasteiger partial charge in [-0.25, -0.2) is 0 Å². The Morgan fingerprint density at radius 2 is 2.32 bits per heavy atom. The van der Waals surface area contributed by atoms with Crippen LogP contribution in [-0.2, 0) is 4.74 Å². The van der Waals surface area contributed by atoms with Crippen molar-refractivity contribution in [3.8, 4) is 6.07 Å². The molecule has 0 N–H and O–H groups in total. The predicted molar refractivity (Wildman–Crippen MR) is 81.8 cm³/mol. The van der Waals surface area contributed by atoms with E-state index < -0.39 is 4.92 Å². The fraction of sp³-hybridized carbons (Fsp3) is 0.500. The zero-order chi connectivity index (χ0) is 16.1. The molecular weight excluding hydrogens is 282 g/mol. The number of hydrogen-bond donors (Lipinski definition) is 0. The maximum absolute atomic E-state index is 11.1. The lowest BCUT2D eigenvalue weighted by atomic mass is 9.79. The standard InChI is InChI=1S/C16H19N3O3/c1-11-8-13(9-12(2)16(11)22-7-3-5-17)14-4-6-18-10-15(14)19(20)21/h4,6,8,10-12,16H,3,7,9H2,1-2H3/t11-,12+,16-/m1/s1. The lowest BCUT2D eigenvalue weighted by molar-refractivity contribution is -0.385. The van der Waals surface area contributed by atoms with Crippen LogP contribution in [0.25, 0.3) is 5.57 Å². The van der Waals surface area contributed by atoms with Gasteiger partial charge in [-0.05, 0) is 24.0 Å². The molecule has 0 radical (unpaired) electrons. The zero-order valence-electron chi connectivity index (χ0n) is 12.7. The summed E-state index contributed by atoms with van der Waals surface area (Å²) in [4.78, 5) is 14.6. The normalized spacial score (nSPS) is 24.4. The van der Waals surface area contributed by atoms with Crippen LogP contribution in [0.2, 0.25) is 0 Å². The molecule has 1 aliphatic carbocycles. The molecule has 0 aromatic carbocycles. The van der Waals surface area contributed by atoms with Gasteiger partial charge < -0.3 is 4.74 Å². The number of pyridine rings is 1. The maximum Gasteiger partial charge on any atom is 0.294 e. The lowest BCUT2D eigenvalue weighted by Crippen LogP contribution is -2.32. The smallest absolute Gasteiger partial charge is 0.294 e. The second-order valence-corrected chi connectivity index (χ2v) is 5.63. The van der Waals surface area contributed by atoms with Crippen LogP contribution < -0.4 is 0 Å². The highest BCUT2D eigenvalue weighted by Crippen LogP contribution is 2.38. The third-order valence-electron chi connectivity index (χ3n) is 3.95. The van der Waals surface area contributed by atoms with Gasteiger partial charge in [0, 0.05) is 12.1 Å². The Balaban J connectivity index is 2.23. The van der Waals surface area contributed by atoms with E-state index in [1.54, 1.807) is 12.3 Å². The summed E-state index contributed by atoms with van der Waals surface area (Å²) in [6, 6.07) is 3.76. The monoisotopic (exact) mass is 301 g/mol. The molecular formula is C16H19N3O3. The number of nitrogens with zero attached hydrogens (tertiary/aromatic N) is 3. The first-order valence-corrected chi connectivity index (χ1v) is 7.32. The first-order chi connectivity index (χ1) is 10.5. The largest absolute Gasteiger partial charge is 0.376 e. The van der Waals surface area contributed by atoms with Gasteiger partial charge >= 0.3 is 0 Å². The molecule has 0 bridgehead atoms. The fourth-order valence-corrected chi connectivity index (χ4v) is 3.02. The number of nitro groups is 1. The van der Waals surface area contributed by atoms with Gasteiger partial charge in [0.2, 0.25) is 0 Å². The number of aromatic nitrogens is 1. The van der Waals surface area contributed by atoms with E-state index in [-0.39, 0.29) is 23.6 Å². The van der Waals surface area contributed by atoms with Crippen molar-refractivity contribution >= 4 is 11.3 Å². The second-order valence-electron chi connectivity index (χ2n) is 5.63. The van der Waals surface area contributed by atoms with Crippen molar-refractivity contribution in [1.82, 2.24) is 4.98 Å². The number of rotatable bonds is 5. The van der Waals surface area contributed by atoms with Crippen molar-refractivity contribution in [2.75, 3.05) is 6.61 Å². The minimum atomic E-state index is -0.395. The molecule has 2 rings (SSSR count). The van der Waals surface area contributed by atoms with Gasteiger partial charge in [-0.1, -0.05) is 19.9 Å². The highest BCUT2D eigenvalue weighted by Gasteiger charge is 2.31. The van der Waals surface area contributed by atoms with Crippen molar-refractivity contribution in [2.24, 2.45) is 11.8 Å². The second kappa shape index (κ2) is 7.14.